The SMILES string of the molecule is CC(Cc1ccco1)NC(=O)NCCc1ccccc1F. The second-order valence-corrected chi connectivity index (χ2v) is 4.93. The topological polar surface area (TPSA) is 54.3 Å². The van der Waals surface area contributed by atoms with E-state index in [-0.39, 0.29) is 17.9 Å². The number of benzene rings is 1. The molecule has 0 fully saturated rings. The number of hydrogen-bond donors (Lipinski definition) is 2. The molecule has 0 radical (unpaired) electrons. The first-order valence-electron chi connectivity index (χ1n) is 6.95. The molecule has 4 nitrogen and oxygen atoms in total. The van der Waals surface area contributed by atoms with E-state index >= 15 is 0 Å². The number of amides is 2. The van der Waals surface area contributed by atoms with Crippen molar-refractivity contribution in [2.75, 3.05) is 6.54 Å². The van der Waals surface area contributed by atoms with Crippen LogP contribution in [0.3, 0.4) is 0 Å². The maximum absolute atomic E-state index is 13.4. The number of rotatable bonds is 6. The van der Waals surface area contributed by atoms with Crippen LogP contribution in [0.25, 0.3) is 0 Å². The lowest BCUT2D eigenvalue weighted by molar-refractivity contribution is 0.237. The smallest absolute Gasteiger partial charge is 0.315 e. The Kier molecular flexibility index (Phi) is 5.37. The van der Waals surface area contributed by atoms with Crippen LogP contribution in [0.5, 0.6) is 0 Å². The van der Waals surface area contributed by atoms with Crippen LogP contribution >= 0.6 is 0 Å². The summed E-state index contributed by atoms with van der Waals surface area (Å²) in [6, 6.07) is 9.95. The quantitative estimate of drug-likeness (QED) is 0.859. The van der Waals surface area contributed by atoms with Crippen molar-refractivity contribution in [1.82, 2.24) is 10.6 Å². The van der Waals surface area contributed by atoms with Crippen LogP contribution in [0.2, 0.25) is 0 Å². The van der Waals surface area contributed by atoms with Crippen molar-refractivity contribution < 1.29 is 13.6 Å². The number of furan rings is 1. The predicted molar refractivity (Wildman–Crippen MR) is 78.5 cm³/mol. The average Bonchev–Trinajstić information content (AvgIpc) is 2.93. The third kappa shape index (κ3) is 4.95. The fourth-order valence-electron chi connectivity index (χ4n) is 2.07. The van der Waals surface area contributed by atoms with Crippen molar-refractivity contribution in [1.29, 1.82) is 0 Å². The van der Waals surface area contributed by atoms with Crippen molar-refractivity contribution in [3.8, 4) is 0 Å². The first-order chi connectivity index (χ1) is 10.1. The molecule has 0 spiro atoms. The summed E-state index contributed by atoms with van der Waals surface area (Å²) in [5.74, 6) is 0.583. The molecule has 0 aliphatic carbocycles. The third-order valence-corrected chi connectivity index (χ3v) is 3.10. The molecule has 1 aromatic heterocycles. The number of halogens is 1. The molecule has 112 valence electrons. The van der Waals surface area contributed by atoms with Crippen molar-refractivity contribution in [2.24, 2.45) is 0 Å². The van der Waals surface area contributed by atoms with Crippen LogP contribution in [-0.4, -0.2) is 18.6 Å². The van der Waals surface area contributed by atoms with Crippen LogP contribution in [0.1, 0.15) is 18.2 Å². The third-order valence-electron chi connectivity index (χ3n) is 3.10. The summed E-state index contributed by atoms with van der Waals surface area (Å²) in [5.41, 5.74) is 0.599. The van der Waals surface area contributed by atoms with Crippen LogP contribution in [-0.2, 0) is 12.8 Å². The van der Waals surface area contributed by atoms with E-state index in [2.05, 4.69) is 10.6 Å². The summed E-state index contributed by atoms with van der Waals surface area (Å²) in [6.07, 6.45) is 2.71. The van der Waals surface area contributed by atoms with Gasteiger partial charge in [-0.1, -0.05) is 18.2 Å². The zero-order valence-corrected chi connectivity index (χ0v) is 11.9. The summed E-state index contributed by atoms with van der Waals surface area (Å²) >= 11 is 0. The van der Waals surface area contributed by atoms with Gasteiger partial charge >= 0.3 is 6.03 Å². The monoisotopic (exact) mass is 290 g/mol. The number of urea groups is 1. The van der Waals surface area contributed by atoms with Gasteiger partial charge in [-0.25, -0.2) is 9.18 Å². The molecule has 0 bridgehead atoms. The zero-order chi connectivity index (χ0) is 15.1. The number of hydrogen-bond acceptors (Lipinski definition) is 2. The largest absolute Gasteiger partial charge is 0.469 e. The van der Waals surface area contributed by atoms with Gasteiger partial charge in [0.25, 0.3) is 0 Å². The van der Waals surface area contributed by atoms with Crippen LogP contribution in [0, 0.1) is 5.82 Å². The Morgan fingerprint density at radius 1 is 1.29 bits per heavy atom. The maximum atomic E-state index is 13.4. The minimum Gasteiger partial charge on any atom is -0.469 e. The van der Waals surface area contributed by atoms with Gasteiger partial charge in [-0.2, -0.15) is 0 Å². The molecule has 0 aliphatic heterocycles. The fourth-order valence-corrected chi connectivity index (χ4v) is 2.07. The van der Waals surface area contributed by atoms with Gasteiger partial charge in [0.2, 0.25) is 0 Å². The van der Waals surface area contributed by atoms with Gasteiger partial charge < -0.3 is 15.1 Å². The van der Waals surface area contributed by atoms with E-state index in [1.165, 1.54) is 6.07 Å². The maximum Gasteiger partial charge on any atom is 0.315 e. The Hall–Kier alpha value is -2.30. The summed E-state index contributed by atoms with van der Waals surface area (Å²) in [6.45, 7) is 2.29. The lowest BCUT2D eigenvalue weighted by Crippen LogP contribution is -2.42. The Balaban J connectivity index is 1.69. The number of carbonyl (C=O) groups excluding carboxylic acids is 1. The standard InChI is InChI=1S/C16H19FN2O2/c1-12(11-14-6-4-10-21-14)19-16(20)18-9-8-13-5-2-3-7-15(13)17/h2-7,10,12H,8-9,11H2,1H3,(H2,18,19,20). The molecule has 21 heavy (non-hydrogen) atoms. The first-order valence-corrected chi connectivity index (χ1v) is 6.95. The summed E-state index contributed by atoms with van der Waals surface area (Å²) in [4.78, 5) is 11.7. The van der Waals surface area contributed by atoms with Crippen LogP contribution < -0.4 is 10.6 Å². The lowest BCUT2D eigenvalue weighted by atomic mass is 10.1. The minimum atomic E-state index is -0.259. The van der Waals surface area contributed by atoms with Gasteiger partial charge in [-0.15, -0.1) is 0 Å². The Labute approximate surface area is 123 Å². The minimum absolute atomic E-state index is 0.0374. The van der Waals surface area contributed by atoms with E-state index in [1.807, 2.05) is 19.1 Å². The van der Waals surface area contributed by atoms with Gasteiger partial charge in [0.15, 0.2) is 0 Å². The van der Waals surface area contributed by atoms with Gasteiger partial charge in [-0.3, -0.25) is 0 Å². The zero-order valence-electron chi connectivity index (χ0n) is 11.9. The second-order valence-electron chi connectivity index (χ2n) is 4.93. The number of nitrogens with one attached hydrogen (secondary N) is 2. The van der Waals surface area contributed by atoms with Crippen LogP contribution in [0.4, 0.5) is 9.18 Å². The molecule has 2 aromatic rings. The highest BCUT2D eigenvalue weighted by atomic mass is 19.1. The highest BCUT2D eigenvalue weighted by Crippen LogP contribution is 2.06. The fraction of sp³-hybridized carbons (Fsp3) is 0.312. The predicted octanol–water partition coefficient (Wildman–Crippen LogP) is 2.89. The van der Waals surface area contributed by atoms with E-state index < -0.39 is 0 Å². The molecule has 1 atom stereocenters. The van der Waals surface area contributed by atoms with Crippen molar-refractivity contribution >= 4 is 6.03 Å². The molecule has 2 N–H and O–H groups in total. The average molecular weight is 290 g/mol. The van der Waals surface area contributed by atoms with Crippen molar-refractivity contribution in [3.63, 3.8) is 0 Å². The summed E-state index contributed by atoms with van der Waals surface area (Å²) in [5, 5.41) is 5.54. The molecule has 1 unspecified atom stereocenters. The molecule has 0 aliphatic rings. The lowest BCUT2D eigenvalue weighted by Gasteiger charge is -2.13. The van der Waals surface area contributed by atoms with Gasteiger partial charge in [0.05, 0.1) is 6.26 Å². The first kappa shape index (κ1) is 15.1. The Morgan fingerprint density at radius 3 is 2.81 bits per heavy atom. The van der Waals surface area contributed by atoms with E-state index in [4.69, 9.17) is 4.42 Å². The van der Waals surface area contributed by atoms with Crippen molar-refractivity contribution in [3.05, 3.63) is 59.8 Å². The highest BCUT2D eigenvalue weighted by molar-refractivity contribution is 5.74. The molecule has 2 rings (SSSR count). The highest BCUT2D eigenvalue weighted by Gasteiger charge is 2.09. The molecule has 1 heterocycles. The molecular weight excluding hydrogens is 271 g/mol. The van der Waals surface area contributed by atoms with Gasteiger partial charge in [0.1, 0.15) is 11.6 Å². The van der Waals surface area contributed by atoms with Crippen LogP contribution in [0.15, 0.2) is 47.1 Å². The van der Waals surface area contributed by atoms with E-state index in [0.29, 0.717) is 24.9 Å². The molecule has 0 saturated carbocycles. The second kappa shape index (κ2) is 7.47. The van der Waals surface area contributed by atoms with E-state index in [0.717, 1.165) is 5.76 Å². The Morgan fingerprint density at radius 2 is 2.10 bits per heavy atom. The molecular formula is C16H19FN2O2. The molecule has 2 amide bonds. The van der Waals surface area contributed by atoms with Gasteiger partial charge in [0, 0.05) is 19.0 Å². The molecule has 5 heteroatoms. The molecule has 1 aromatic carbocycles. The van der Waals surface area contributed by atoms with Crippen molar-refractivity contribution in [2.45, 2.75) is 25.8 Å². The van der Waals surface area contributed by atoms with E-state index in [9.17, 15) is 9.18 Å². The number of carbonyl (C=O) groups is 1. The summed E-state index contributed by atoms with van der Waals surface area (Å²) < 4.78 is 18.6. The molecule has 0 saturated heterocycles. The summed E-state index contributed by atoms with van der Waals surface area (Å²) in [7, 11) is 0. The Bertz CT molecular complexity index is 569. The van der Waals surface area contributed by atoms with Gasteiger partial charge in [-0.05, 0) is 37.1 Å². The van der Waals surface area contributed by atoms with E-state index in [1.54, 1.807) is 24.5 Å². The normalized spacial score (nSPS) is 11.9.